The van der Waals surface area contributed by atoms with Crippen LogP contribution in [0.5, 0.6) is 5.75 Å². The van der Waals surface area contributed by atoms with Crippen LogP contribution in [0.3, 0.4) is 0 Å². The van der Waals surface area contributed by atoms with Crippen molar-refractivity contribution in [2.45, 2.75) is 45.4 Å². The normalized spacial score (nSPS) is 21.7. The van der Waals surface area contributed by atoms with E-state index in [1.807, 2.05) is 6.07 Å². The van der Waals surface area contributed by atoms with Crippen LogP contribution in [0.15, 0.2) is 24.3 Å². The SMILES string of the molecule is CCOC(=O)C1(CCCOC)CNC(=O)CN(C(=O)C2CCC2)CCNC(=O)COc2cccc(c2)C1. The summed E-state index contributed by atoms with van der Waals surface area (Å²) < 4.78 is 16.4. The molecule has 1 heterocycles. The molecule has 2 bridgehead atoms. The van der Waals surface area contributed by atoms with E-state index >= 15 is 0 Å². The van der Waals surface area contributed by atoms with E-state index in [1.165, 1.54) is 4.90 Å². The predicted molar refractivity (Wildman–Crippen MR) is 136 cm³/mol. The van der Waals surface area contributed by atoms with E-state index in [0.29, 0.717) is 31.6 Å². The number of carbonyl (C=O) groups excluding carboxylic acids is 4. The van der Waals surface area contributed by atoms with E-state index in [9.17, 15) is 19.2 Å². The second-order valence-electron chi connectivity index (χ2n) is 9.72. The van der Waals surface area contributed by atoms with Crippen molar-refractivity contribution >= 4 is 23.7 Å². The number of esters is 1. The lowest BCUT2D eigenvalue weighted by Crippen LogP contribution is -2.51. The summed E-state index contributed by atoms with van der Waals surface area (Å²) in [7, 11) is 1.60. The first-order chi connectivity index (χ1) is 17.9. The van der Waals surface area contributed by atoms with Crippen molar-refractivity contribution in [1.29, 1.82) is 0 Å². The number of nitrogens with one attached hydrogen (secondary N) is 2. The monoisotopic (exact) mass is 517 g/mol. The van der Waals surface area contributed by atoms with Crippen LogP contribution < -0.4 is 15.4 Å². The predicted octanol–water partition coefficient (Wildman–Crippen LogP) is 1.46. The van der Waals surface area contributed by atoms with Crippen molar-refractivity contribution in [2.24, 2.45) is 11.3 Å². The van der Waals surface area contributed by atoms with Crippen LogP contribution in [-0.2, 0) is 35.1 Å². The Hall–Kier alpha value is -3.14. The summed E-state index contributed by atoms with van der Waals surface area (Å²) in [5.41, 5.74) is -0.230. The maximum Gasteiger partial charge on any atom is 0.314 e. The molecule has 1 aromatic carbocycles. The van der Waals surface area contributed by atoms with Crippen molar-refractivity contribution in [3.05, 3.63) is 29.8 Å². The lowest BCUT2D eigenvalue weighted by molar-refractivity contribution is -0.156. The number of rotatable bonds is 7. The molecule has 0 aromatic heterocycles. The quantitative estimate of drug-likeness (QED) is 0.415. The molecule has 204 valence electrons. The Kier molecular flexibility index (Phi) is 10.7. The Labute approximate surface area is 218 Å². The van der Waals surface area contributed by atoms with Crippen molar-refractivity contribution < 1.29 is 33.4 Å². The van der Waals surface area contributed by atoms with Gasteiger partial charge in [0.05, 0.1) is 18.6 Å². The summed E-state index contributed by atoms with van der Waals surface area (Å²) in [6.45, 7) is 2.56. The van der Waals surface area contributed by atoms with E-state index in [4.69, 9.17) is 14.2 Å². The molecule has 2 N–H and O–H groups in total. The first kappa shape index (κ1) is 28.4. The highest BCUT2D eigenvalue weighted by Gasteiger charge is 2.40. The Bertz CT molecular complexity index is 950. The Balaban J connectivity index is 1.89. The van der Waals surface area contributed by atoms with Crippen molar-refractivity contribution in [2.75, 3.05) is 53.1 Å². The third-order valence-corrected chi connectivity index (χ3v) is 6.95. The first-order valence-electron chi connectivity index (χ1n) is 13.1. The molecule has 37 heavy (non-hydrogen) atoms. The Morgan fingerprint density at radius 3 is 2.70 bits per heavy atom. The van der Waals surface area contributed by atoms with Gasteiger partial charge < -0.3 is 29.7 Å². The van der Waals surface area contributed by atoms with Crippen molar-refractivity contribution in [3.8, 4) is 5.75 Å². The molecule has 0 saturated heterocycles. The van der Waals surface area contributed by atoms with E-state index in [-0.39, 0.29) is 63.0 Å². The summed E-state index contributed by atoms with van der Waals surface area (Å²) in [5.74, 6) is -0.752. The van der Waals surface area contributed by atoms with Crippen LogP contribution in [0.25, 0.3) is 0 Å². The van der Waals surface area contributed by atoms with Gasteiger partial charge in [-0.1, -0.05) is 18.6 Å². The third kappa shape index (κ3) is 8.18. The highest BCUT2D eigenvalue weighted by Crippen LogP contribution is 2.32. The summed E-state index contributed by atoms with van der Waals surface area (Å²) in [6.07, 6.45) is 3.92. The average Bonchev–Trinajstić information content (AvgIpc) is 2.84. The molecule has 1 aliphatic carbocycles. The van der Waals surface area contributed by atoms with Gasteiger partial charge in [-0.15, -0.1) is 0 Å². The first-order valence-corrected chi connectivity index (χ1v) is 13.1. The number of hydrogen-bond donors (Lipinski definition) is 2. The highest BCUT2D eigenvalue weighted by molar-refractivity contribution is 5.87. The minimum Gasteiger partial charge on any atom is -0.484 e. The molecule has 1 aromatic rings. The third-order valence-electron chi connectivity index (χ3n) is 6.95. The lowest BCUT2D eigenvalue weighted by Gasteiger charge is -2.34. The molecular formula is C27H39N3O7. The minimum atomic E-state index is -1.04. The van der Waals surface area contributed by atoms with Gasteiger partial charge in [-0.2, -0.15) is 0 Å². The molecule has 0 spiro atoms. The molecule has 1 fully saturated rings. The van der Waals surface area contributed by atoms with Gasteiger partial charge in [-0.3, -0.25) is 19.2 Å². The van der Waals surface area contributed by atoms with Gasteiger partial charge in [0.1, 0.15) is 5.75 Å². The molecular weight excluding hydrogens is 478 g/mol. The number of nitrogens with zero attached hydrogens (tertiary/aromatic N) is 1. The molecule has 1 unspecified atom stereocenters. The van der Waals surface area contributed by atoms with Crippen LogP contribution in [-0.4, -0.2) is 81.7 Å². The minimum absolute atomic E-state index is 0.0572. The van der Waals surface area contributed by atoms with Crippen LogP contribution in [0.4, 0.5) is 0 Å². The van der Waals surface area contributed by atoms with Gasteiger partial charge in [-0.05, 0) is 56.7 Å². The van der Waals surface area contributed by atoms with Crippen molar-refractivity contribution in [3.63, 3.8) is 0 Å². The molecule has 1 saturated carbocycles. The largest absolute Gasteiger partial charge is 0.484 e. The number of carbonyl (C=O) groups is 4. The zero-order valence-corrected chi connectivity index (χ0v) is 21.9. The number of hydrogen-bond acceptors (Lipinski definition) is 7. The number of amides is 3. The fraction of sp³-hybridized carbons (Fsp3) is 0.630. The maximum absolute atomic E-state index is 13.3. The van der Waals surface area contributed by atoms with Gasteiger partial charge >= 0.3 is 5.97 Å². The maximum atomic E-state index is 13.3. The number of ether oxygens (including phenoxy) is 3. The molecule has 10 heteroatoms. The molecule has 2 aliphatic rings. The molecule has 3 amide bonds. The number of benzene rings is 1. The Morgan fingerprint density at radius 1 is 1.19 bits per heavy atom. The van der Waals surface area contributed by atoms with Crippen LogP contribution in [0, 0.1) is 11.3 Å². The van der Waals surface area contributed by atoms with E-state index in [0.717, 1.165) is 24.8 Å². The molecule has 10 nitrogen and oxygen atoms in total. The van der Waals surface area contributed by atoms with Crippen LogP contribution in [0.1, 0.15) is 44.6 Å². The van der Waals surface area contributed by atoms with Gasteiger partial charge in [0.25, 0.3) is 5.91 Å². The van der Waals surface area contributed by atoms with Crippen molar-refractivity contribution in [1.82, 2.24) is 15.5 Å². The van der Waals surface area contributed by atoms with Gasteiger partial charge in [0.2, 0.25) is 11.8 Å². The molecule has 0 radical (unpaired) electrons. The second kappa shape index (κ2) is 14.0. The zero-order chi connectivity index (χ0) is 26.7. The topological polar surface area (TPSA) is 123 Å². The summed E-state index contributed by atoms with van der Waals surface area (Å²) in [6, 6.07) is 7.22. The van der Waals surface area contributed by atoms with E-state index in [2.05, 4.69) is 10.6 Å². The van der Waals surface area contributed by atoms with Crippen LogP contribution >= 0.6 is 0 Å². The second-order valence-corrected chi connectivity index (χ2v) is 9.72. The summed E-state index contributed by atoms with van der Waals surface area (Å²) >= 11 is 0. The fourth-order valence-electron chi connectivity index (χ4n) is 4.67. The number of methoxy groups -OCH3 is 1. The standard InChI is InChI=1S/C27H39N3O7/c1-3-36-26(34)27(11-6-14-35-2)16-20-7-4-10-22(15-20)37-18-24(32)28-12-13-30(17-23(31)29-19-27)25(33)21-8-5-9-21/h4,7,10,15,21H,3,5-6,8-9,11-14,16-19H2,1-2H3,(H,28,32)(H,29,31). The van der Waals surface area contributed by atoms with Crippen LogP contribution in [0.2, 0.25) is 0 Å². The molecule has 3 rings (SSSR count). The van der Waals surface area contributed by atoms with Gasteiger partial charge in [0, 0.05) is 39.3 Å². The molecule has 1 atom stereocenters. The summed E-state index contributed by atoms with van der Waals surface area (Å²) in [4.78, 5) is 53.2. The smallest absolute Gasteiger partial charge is 0.314 e. The molecule has 1 aliphatic heterocycles. The fourth-order valence-corrected chi connectivity index (χ4v) is 4.67. The zero-order valence-electron chi connectivity index (χ0n) is 21.9. The van der Waals surface area contributed by atoms with Gasteiger partial charge in [-0.25, -0.2) is 0 Å². The Morgan fingerprint density at radius 2 is 2.00 bits per heavy atom. The lowest BCUT2D eigenvalue weighted by atomic mass is 9.77. The highest BCUT2D eigenvalue weighted by atomic mass is 16.5. The van der Waals surface area contributed by atoms with E-state index in [1.54, 1.807) is 32.2 Å². The number of fused-ring (bicyclic) bond motifs is 2. The van der Waals surface area contributed by atoms with E-state index < -0.39 is 11.4 Å². The van der Waals surface area contributed by atoms with Gasteiger partial charge in [0.15, 0.2) is 6.61 Å². The average molecular weight is 518 g/mol. The summed E-state index contributed by atoms with van der Waals surface area (Å²) in [5, 5.41) is 5.66.